The van der Waals surface area contributed by atoms with E-state index in [0.29, 0.717) is 23.6 Å². The van der Waals surface area contributed by atoms with E-state index >= 15 is 0 Å². The molecule has 0 aromatic heterocycles. The summed E-state index contributed by atoms with van der Waals surface area (Å²) in [5, 5.41) is 2.92. The third kappa shape index (κ3) is 7.29. The summed E-state index contributed by atoms with van der Waals surface area (Å²) in [5.74, 6) is 0.614. The Balaban J connectivity index is 2.25. The Morgan fingerprint density at radius 3 is 2.57 bits per heavy atom. The Morgan fingerprint density at radius 1 is 1.24 bits per heavy atom. The molecule has 0 bridgehead atoms. The molecule has 1 unspecified atom stereocenters. The quantitative estimate of drug-likeness (QED) is 0.650. The summed E-state index contributed by atoms with van der Waals surface area (Å²) in [6, 6.07) is 9.17. The highest BCUT2D eigenvalue weighted by Gasteiger charge is 2.11. The van der Waals surface area contributed by atoms with Gasteiger partial charge in [-0.2, -0.15) is 0 Å². The van der Waals surface area contributed by atoms with Crippen LogP contribution in [0.25, 0.3) is 0 Å². The molecular formula is C16H24N2O2S. The molecule has 0 heterocycles. The van der Waals surface area contributed by atoms with E-state index in [1.54, 1.807) is 12.1 Å². The second-order valence-corrected chi connectivity index (χ2v) is 5.91. The van der Waals surface area contributed by atoms with Gasteiger partial charge in [-0.15, -0.1) is 11.8 Å². The number of nitrogens with two attached hydrogens (primary N) is 1. The van der Waals surface area contributed by atoms with Crippen molar-refractivity contribution in [2.24, 2.45) is 5.73 Å². The fourth-order valence-electron chi connectivity index (χ4n) is 1.91. The fourth-order valence-corrected chi connectivity index (χ4v) is 2.64. The standard InChI is InChI=1S/C16H24N2O2S/c1-2-3-9-14(10-17)18-16(20)12-21-11-15(19)13-7-5-4-6-8-13/h4-8,14H,2-3,9-12,17H2,1H3,(H,18,20). The van der Waals surface area contributed by atoms with Crippen molar-refractivity contribution >= 4 is 23.5 Å². The van der Waals surface area contributed by atoms with Crippen LogP contribution in [0.15, 0.2) is 30.3 Å². The Bertz CT molecular complexity index is 437. The van der Waals surface area contributed by atoms with Gasteiger partial charge in [0, 0.05) is 18.2 Å². The number of nitrogens with one attached hydrogen (secondary N) is 1. The zero-order valence-corrected chi connectivity index (χ0v) is 13.3. The number of ketones is 1. The third-order valence-electron chi connectivity index (χ3n) is 3.12. The van der Waals surface area contributed by atoms with Crippen molar-refractivity contribution in [2.75, 3.05) is 18.1 Å². The summed E-state index contributed by atoms with van der Waals surface area (Å²) in [5.41, 5.74) is 6.33. The lowest BCUT2D eigenvalue weighted by Crippen LogP contribution is -2.41. The van der Waals surface area contributed by atoms with Gasteiger partial charge in [-0.1, -0.05) is 50.1 Å². The van der Waals surface area contributed by atoms with Crippen molar-refractivity contribution < 1.29 is 9.59 Å². The molecule has 0 saturated heterocycles. The zero-order chi connectivity index (χ0) is 15.5. The summed E-state index contributed by atoms with van der Waals surface area (Å²) in [6.07, 6.45) is 3.06. The Kier molecular flexibility index (Phi) is 8.78. The molecule has 1 aromatic carbocycles. The number of unbranched alkanes of at least 4 members (excludes halogenated alkanes) is 1. The van der Waals surface area contributed by atoms with E-state index < -0.39 is 0 Å². The number of amides is 1. The van der Waals surface area contributed by atoms with E-state index in [1.165, 1.54) is 11.8 Å². The van der Waals surface area contributed by atoms with Crippen LogP contribution in [0.5, 0.6) is 0 Å². The zero-order valence-electron chi connectivity index (χ0n) is 12.5. The molecule has 21 heavy (non-hydrogen) atoms. The van der Waals surface area contributed by atoms with Crippen LogP contribution in [-0.2, 0) is 4.79 Å². The van der Waals surface area contributed by atoms with Gasteiger partial charge in [0.05, 0.1) is 11.5 Å². The SMILES string of the molecule is CCCCC(CN)NC(=O)CSCC(=O)c1ccccc1. The molecule has 5 heteroatoms. The second kappa shape index (κ2) is 10.4. The monoisotopic (exact) mass is 308 g/mol. The van der Waals surface area contributed by atoms with Crippen molar-refractivity contribution in [2.45, 2.75) is 32.2 Å². The number of hydrogen-bond donors (Lipinski definition) is 2. The Labute approximate surface area is 130 Å². The van der Waals surface area contributed by atoms with Crippen LogP contribution >= 0.6 is 11.8 Å². The third-order valence-corrected chi connectivity index (χ3v) is 4.05. The van der Waals surface area contributed by atoms with Crippen LogP contribution in [0.2, 0.25) is 0 Å². The summed E-state index contributed by atoms with van der Waals surface area (Å²) in [7, 11) is 0. The second-order valence-electron chi connectivity index (χ2n) is 4.92. The molecule has 1 aromatic rings. The van der Waals surface area contributed by atoms with E-state index in [-0.39, 0.29) is 17.7 Å². The molecule has 0 radical (unpaired) electrons. The van der Waals surface area contributed by atoms with E-state index in [1.807, 2.05) is 18.2 Å². The molecule has 1 atom stereocenters. The molecular weight excluding hydrogens is 284 g/mol. The lowest BCUT2D eigenvalue weighted by molar-refractivity contribution is -0.119. The van der Waals surface area contributed by atoms with Crippen LogP contribution in [0, 0.1) is 0 Å². The molecule has 0 aliphatic heterocycles. The largest absolute Gasteiger partial charge is 0.351 e. The smallest absolute Gasteiger partial charge is 0.230 e. The highest BCUT2D eigenvalue weighted by Crippen LogP contribution is 2.07. The van der Waals surface area contributed by atoms with E-state index in [4.69, 9.17) is 5.73 Å². The number of carbonyl (C=O) groups excluding carboxylic acids is 2. The molecule has 1 rings (SSSR count). The molecule has 3 N–H and O–H groups in total. The number of benzene rings is 1. The molecule has 116 valence electrons. The molecule has 1 amide bonds. The predicted octanol–water partition coefficient (Wildman–Crippen LogP) is 2.24. The number of carbonyl (C=O) groups is 2. The molecule has 4 nitrogen and oxygen atoms in total. The average molecular weight is 308 g/mol. The van der Waals surface area contributed by atoms with Crippen molar-refractivity contribution in [1.82, 2.24) is 5.32 Å². The summed E-state index contributed by atoms with van der Waals surface area (Å²) < 4.78 is 0. The molecule has 0 aliphatic rings. The fraction of sp³-hybridized carbons (Fsp3) is 0.500. The van der Waals surface area contributed by atoms with Gasteiger partial charge in [0.15, 0.2) is 5.78 Å². The molecule has 0 aliphatic carbocycles. The van der Waals surface area contributed by atoms with Crippen molar-refractivity contribution in [3.05, 3.63) is 35.9 Å². The van der Waals surface area contributed by atoms with Crippen LogP contribution in [0.4, 0.5) is 0 Å². The first-order valence-corrected chi connectivity index (χ1v) is 8.48. The first-order chi connectivity index (χ1) is 10.2. The highest BCUT2D eigenvalue weighted by atomic mass is 32.2. The van der Waals surface area contributed by atoms with Crippen LogP contribution < -0.4 is 11.1 Å². The maximum atomic E-state index is 11.9. The highest BCUT2D eigenvalue weighted by molar-refractivity contribution is 8.00. The first kappa shape index (κ1) is 17.7. The average Bonchev–Trinajstić information content (AvgIpc) is 2.52. The lowest BCUT2D eigenvalue weighted by atomic mass is 10.1. The van der Waals surface area contributed by atoms with Gasteiger partial charge in [0.25, 0.3) is 0 Å². The molecule has 0 saturated carbocycles. The van der Waals surface area contributed by atoms with E-state index in [0.717, 1.165) is 19.3 Å². The van der Waals surface area contributed by atoms with Crippen molar-refractivity contribution in [3.8, 4) is 0 Å². The van der Waals surface area contributed by atoms with E-state index in [9.17, 15) is 9.59 Å². The van der Waals surface area contributed by atoms with Crippen LogP contribution in [-0.4, -0.2) is 35.8 Å². The normalized spacial score (nSPS) is 11.9. The first-order valence-electron chi connectivity index (χ1n) is 7.32. The molecule has 0 fully saturated rings. The van der Waals surface area contributed by atoms with Crippen LogP contribution in [0.1, 0.15) is 36.5 Å². The van der Waals surface area contributed by atoms with Crippen molar-refractivity contribution in [1.29, 1.82) is 0 Å². The van der Waals surface area contributed by atoms with Gasteiger partial charge in [-0.3, -0.25) is 9.59 Å². The maximum Gasteiger partial charge on any atom is 0.230 e. The summed E-state index contributed by atoms with van der Waals surface area (Å²) in [6.45, 7) is 2.57. The van der Waals surface area contributed by atoms with Gasteiger partial charge in [-0.25, -0.2) is 0 Å². The summed E-state index contributed by atoms with van der Waals surface area (Å²) in [4.78, 5) is 23.7. The minimum Gasteiger partial charge on any atom is -0.351 e. The van der Waals surface area contributed by atoms with Gasteiger partial charge < -0.3 is 11.1 Å². The Morgan fingerprint density at radius 2 is 1.95 bits per heavy atom. The predicted molar refractivity (Wildman–Crippen MR) is 88.6 cm³/mol. The van der Waals surface area contributed by atoms with Crippen molar-refractivity contribution in [3.63, 3.8) is 0 Å². The van der Waals surface area contributed by atoms with Gasteiger partial charge >= 0.3 is 0 Å². The van der Waals surface area contributed by atoms with Gasteiger partial charge in [0.1, 0.15) is 0 Å². The van der Waals surface area contributed by atoms with Gasteiger partial charge in [-0.05, 0) is 6.42 Å². The molecule has 0 spiro atoms. The maximum absolute atomic E-state index is 11.9. The minimum atomic E-state index is -0.0487. The van der Waals surface area contributed by atoms with Gasteiger partial charge in [0.2, 0.25) is 5.91 Å². The number of thioether (sulfide) groups is 1. The van der Waals surface area contributed by atoms with E-state index in [2.05, 4.69) is 12.2 Å². The minimum absolute atomic E-state index is 0.0443. The summed E-state index contributed by atoms with van der Waals surface area (Å²) >= 11 is 1.34. The number of rotatable bonds is 10. The van der Waals surface area contributed by atoms with Crippen LogP contribution in [0.3, 0.4) is 0 Å². The Hall–Kier alpha value is -1.33. The lowest BCUT2D eigenvalue weighted by Gasteiger charge is -2.16. The number of Topliss-reactive ketones (excluding diaryl/α,β-unsaturated/α-hetero) is 1. The topological polar surface area (TPSA) is 72.2 Å². The number of hydrogen-bond acceptors (Lipinski definition) is 4.